The number of rotatable bonds is 6. The summed E-state index contributed by atoms with van der Waals surface area (Å²) in [5.74, 6) is 0.0680. The molecule has 0 atom stereocenters. The van der Waals surface area contributed by atoms with Crippen molar-refractivity contribution in [3.8, 4) is 0 Å². The van der Waals surface area contributed by atoms with Gasteiger partial charge >= 0.3 is 0 Å². The van der Waals surface area contributed by atoms with Gasteiger partial charge in [-0.05, 0) is 26.4 Å². The lowest BCUT2D eigenvalue weighted by molar-refractivity contribution is -0.118. The molecule has 14 heavy (non-hydrogen) atoms. The molecule has 0 aromatic rings. The summed E-state index contributed by atoms with van der Waals surface area (Å²) < 4.78 is 0. The molecule has 0 rings (SSSR count). The Bertz CT molecular complexity index is 112. The smallest absolute Gasteiger partial charge is 0.216 e. The van der Waals surface area contributed by atoms with E-state index >= 15 is 0 Å². The average molecular weight is 202 g/mol. The second-order valence-corrected chi connectivity index (χ2v) is 3.29. The van der Waals surface area contributed by atoms with Gasteiger partial charge < -0.3 is 10.6 Å². The largest absolute Gasteiger partial charge is 0.356 e. The highest BCUT2D eigenvalue weighted by Crippen LogP contribution is 1.81. The first-order valence-electron chi connectivity index (χ1n) is 5.58. The zero-order valence-electron chi connectivity index (χ0n) is 10.2. The molecule has 0 bridgehead atoms. The molecule has 3 heteroatoms. The second-order valence-electron chi connectivity index (χ2n) is 3.29. The Morgan fingerprint density at radius 1 is 1.07 bits per heavy atom. The summed E-state index contributed by atoms with van der Waals surface area (Å²) in [5, 5.41) is 5.78. The minimum Gasteiger partial charge on any atom is -0.356 e. The van der Waals surface area contributed by atoms with Crippen molar-refractivity contribution in [1.82, 2.24) is 10.6 Å². The van der Waals surface area contributed by atoms with Crippen LogP contribution in [0.4, 0.5) is 0 Å². The Morgan fingerprint density at radius 2 is 1.57 bits per heavy atom. The van der Waals surface area contributed by atoms with E-state index < -0.39 is 0 Å². The Morgan fingerprint density at radius 3 is 1.86 bits per heavy atom. The number of carbonyl (C=O) groups excluding carboxylic acids is 1. The lowest BCUT2D eigenvalue weighted by Crippen LogP contribution is -2.20. The topological polar surface area (TPSA) is 41.1 Å². The van der Waals surface area contributed by atoms with Gasteiger partial charge in [0.2, 0.25) is 5.91 Å². The van der Waals surface area contributed by atoms with Gasteiger partial charge in [-0.1, -0.05) is 26.7 Å². The van der Waals surface area contributed by atoms with Gasteiger partial charge in [0.1, 0.15) is 0 Å². The third-order valence-electron chi connectivity index (χ3n) is 1.68. The first-order chi connectivity index (χ1) is 6.68. The lowest BCUT2D eigenvalue weighted by atomic mass is 10.3. The molecule has 0 saturated heterocycles. The minimum atomic E-state index is 0.0680. The number of unbranched alkanes of at least 4 members (excludes halogenated alkanes) is 2. The fraction of sp³-hybridized carbons (Fsp3) is 0.909. The van der Waals surface area contributed by atoms with Gasteiger partial charge in [-0.15, -0.1) is 0 Å². The molecule has 0 radical (unpaired) electrons. The van der Waals surface area contributed by atoms with E-state index in [0.717, 1.165) is 25.9 Å². The van der Waals surface area contributed by atoms with Gasteiger partial charge in [0.15, 0.2) is 0 Å². The maximum Gasteiger partial charge on any atom is 0.216 e. The quantitative estimate of drug-likeness (QED) is 0.646. The molecule has 0 aromatic heterocycles. The van der Waals surface area contributed by atoms with Crippen LogP contribution in [0.5, 0.6) is 0 Å². The SMILES string of the molecule is CCCCNC.CCCCNC(C)=O. The van der Waals surface area contributed by atoms with Crippen molar-refractivity contribution in [2.24, 2.45) is 0 Å². The van der Waals surface area contributed by atoms with Gasteiger partial charge in [-0.2, -0.15) is 0 Å². The lowest BCUT2D eigenvalue weighted by Gasteiger charge is -1.96. The summed E-state index contributed by atoms with van der Waals surface area (Å²) in [6.45, 7) is 7.82. The van der Waals surface area contributed by atoms with Gasteiger partial charge in [-0.25, -0.2) is 0 Å². The van der Waals surface area contributed by atoms with Gasteiger partial charge in [0.05, 0.1) is 0 Å². The van der Waals surface area contributed by atoms with Crippen LogP contribution in [0.25, 0.3) is 0 Å². The zero-order valence-corrected chi connectivity index (χ0v) is 10.2. The minimum absolute atomic E-state index is 0.0680. The molecule has 0 aliphatic carbocycles. The van der Waals surface area contributed by atoms with Crippen molar-refractivity contribution in [2.75, 3.05) is 20.1 Å². The number of hydrogen-bond acceptors (Lipinski definition) is 2. The maximum absolute atomic E-state index is 10.2. The molecular formula is C11H26N2O. The molecule has 0 aliphatic heterocycles. The van der Waals surface area contributed by atoms with Crippen molar-refractivity contribution in [2.45, 2.75) is 46.5 Å². The Kier molecular flexibility index (Phi) is 16.9. The normalized spacial score (nSPS) is 8.86. The summed E-state index contributed by atoms with van der Waals surface area (Å²) >= 11 is 0. The van der Waals surface area contributed by atoms with Gasteiger partial charge in [0, 0.05) is 13.5 Å². The van der Waals surface area contributed by atoms with Crippen molar-refractivity contribution >= 4 is 5.91 Å². The number of amides is 1. The van der Waals surface area contributed by atoms with Crippen LogP contribution in [0.1, 0.15) is 46.5 Å². The number of hydrogen-bond donors (Lipinski definition) is 2. The zero-order chi connectivity index (χ0) is 11.2. The molecule has 0 aromatic carbocycles. The highest BCUT2D eigenvalue weighted by Gasteiger charge is 1.85. The fourth-order valence-electron chi connectivity index (χ4n) is 0.795. The predicted molar refractivity (Wildman–Crippen MR) is 62.4 cm³/mol. The molecule has 86 valence electrons. The van der Waals surface area contributed by atoms with E-state index in [1.807, 2.05) is 7.05 Å². The third kappa shape index (κ3) is 22.5. The molecule has 0 heterocycles. The first kappa shape index (κ1) is 15.9. The predicted octanol–water partition coefficient (Wildman–Crippen LogP) is 1.93. The number of carbonyl (C=O) groups is 1. The van der Waals surface area contributed by atoms with Gasteiger partial charge in [-0.3, -0.25) is 4.79 Å². The van der Waals surface area contributed by atoms with E-state index in [1.54, 1.807) is 0 Å². The van der Waals surface area contributed by atoms with Crippen molar-refractivity contribution in [3.63, 3.8) is 0 Å². The standard InChI is InChI=1S/C6H13NO.C5H13N/c1-3-4-5-7-6(2)8;1-3-4-5-6-2/h3-5H2,1-2H3,(H,7,8);6H,3-5H2,1-2H3. The van der Waals surface area contributed by atoms with Gasteiger partial charge in [0.25, 0.3) is 0 Å². The summed E-state index contributed by atoms with van der Waals surface area (Å²) in [7, 11) is 1.98. The van der Waals surface area contributed by atoms with Crippen LogP contribution in [-0.2, 0) is 4.79 Å². The third-order valence-corrected chi connectivity index (χ3v) is 1.68. The molecule has 0 unspecified atom stereocenters. The van der Waals surface area contributed by atoms with Crippen molar-refractivity contribution in [1.29, 1.82) is 0 Å². The van der Waals surface area contributed by atoms with Crippen LogP contribution in [-0.4, -0.2) is 26.0 Å². The van der Waals surface area contributed by atoms with Crippen LogP contribution in [0, 0.1) is 0 Å². The summed E-state index contributed by atoms with van der Waals surface area (Å²) in [5.41, 5.74) is 0. The highest BCUT2D eigenvalue weighted by molar-refractivity contribution is 5.72. The first-order valence-corrected chi connectivity index (χ1v) is 5.58. The van der Waals surface area contributed by atoms with Crippen molar-refractivity contribution < 1.29 is 4.79 Å². The summed E-state index contributed by atoms with van der Waals surface area (Å²) in [6.07, 6.45) is 4.82. The van der Waals surface area contributed by atoms with Crippen LogP contribution in [0.3, 0.4) is 0 Å². The molecule has 0 aliphatic rings. The van der Waals surface area contributed by atoms with E-state index in [2.05, 4.69) is 24.5 Å². The Balaban J connectivity index is 0. The molecular weight excluding hydrogens is 176 g/mol. The average Bonchev–Trinajstić information content (AvgIpc) is 2.16. The Hall–Kier alpha value is -0.570. The molecule has 1 amide bonds. The highest BCUT2D eigenvalue weighted by atomic mass is 16.1. The van der Waals surface area contributed by atoms with E-state index in [0.29, 0.717) is 0 Å². The Labute approximate surface area is 88.7 Å². The molecule has 0 fully saturated rings. The van der Waals surface area contributed by atoms with Crippen LogP contribution >= 0.6 is 0 Å². The summed E-state index contributed by atoms with van der Waals surface area (Å²) in [6, 6.07) is 0. The monoisotopic (exact) mass is 202 g/mol. The molecule has 2 N–H and O–H groups in total. The summed E-state index contributed by atoms with van der Waals surface area (Å²) in [4.78, 5) is 10.2. The van der Waals surface area contributed by atoms with E-state index in [-0.39, 0.29) is 5.91 Å². The van der Waals surface area contributed by atoms with Crippen molar-refractivity contribution in [3.05, 3.63) is 0 Å². The second kappa shape index (κ2) is 14.9. The van der Waals surface area contributed by atoms with E-state index in [1.165, 1.54) is 19.8 Å². The van der Waals surface area contributed by atoms with E-state index in [9.17, 15) is 4.79 Å². The molecule has 3 nitrogen and oxygen atoms in total. The van der Waals surface area contributed by atoms with Crippen LogP contribution in [0.2, 0.25) is 0 Å². The molecule has 0 saturated carbocycles. The fourth-order valence-corrected chi connectivity index (χ4v) is 0.795. The maximum atomic E-state index is 10.2. The molecule has 0 spiro atoms. The van der Waals surface area contributed by atoms with Crippen LogP contribution in [0.15, 0.2) is 0 Å². The van der Waals surface area contributed by atoms with E-state index in [4.69, 9.17) is 0 Å². The van der Waals surface area contributed by atoms with Crippen LogP contribution < -0.4 is 10.6 Å². The number of nitrogens with one attached hydrogen (secondary N) is 2.